The first-order chi connectivity index (χ1) is 21.8. The third kappa shape index (κ3) is 7.87. The fourth-order valence-electron chi connectivity index (χ4n) is 7.32. The fourth-order valence-corrected chi connectivity index (χ4v) is 9.03. The second-order valence-electron chi connectivity index (χ2n) is 13.2. The van der Waals surface area contributed by atoms with Crippen LogP contribution >= 0.6 is 11.6 Å². The molecule has 1 saturated heterocycles. The van der Waals surface area contributed by atoms with Crippen LogP contribution in [-0.4, -0.2) is 57.1 Å². The number of benzene rings is 2. The predicted octanol–water partition coefficient (Wildman–Crippen LogP) is 6.04. The van der Waals surface area contributed by atoms with E-state index in [1.165, 1.54) is 5.56 Å². The van der Waals surface area contributed by atoms with Crippen molar-refractivity contribution < 1.29 is 27.8 Å². The average Bonchev–Trinajstić information content (AvgIpc) is 3.03. The Morgan fingerprint density at radius 1 is 1.00 bits per heavy atom. The molecule has 8 nitrogen and oxygen atoms in total. The number of hydrogen-bond acceptors (Lipinski definition) is 7. The Labute approximate surface area is 272 Å². The van der Waals surface area contributed by atoms with Crippen LogP contribution in [0.25, 0.3) is 0 Å². The van der Waals surface area contributed by atoms with Crippen molar-refractivity contribution in [1.29, 1.82) is 0 Å². The lowest BCUT2D eigenvalue weighted by molar-refractivity contribution is 0.0461. The van der Waals surface area contributed by atoms with E-state index < -0.39 is 27.3 Å². The molecule has 3 heterocycles. The van der Waals surface area contributed by atoms with Gasteiger partial charge in [-0.1, -0.05) is 29.8 Å². The van der Waals surface area contributed by atoms with Gasteiger partial charge in [-0.2, -0.15) is 0 Å². The Hall–Kier alpha value is -2.59. The summed E-state index contributed by atoms with van der Waals surface area (Å²) in [4.78, 5) is 15.9. The van der Waals surface area contributed by atoms with Crippen LogP contribution in [-0.2, 0) is 27.8 Å². The molecule has 2 N–H and O–H groups in total. The summed E-state index contributed by atoms with van der Waals surface area (Å²) in [6, 6.07) is 11.1. The largest absolute Gasteiger partial charge is 0.487 e. The monoisotopic (exact) mass is 656 g/mol. The number of aryl methyl sites for hydroxylation is 1. The number of aliphatic hydroxyl groups is 1. The average molecular weight is 657 g/mol. The molecule has 1 saturated carbocycles. The van der Waals surface area contributed by atoms with Crippen molar-refractivity contribution in [2.45, 2.75) is 82.2 Å². The molecule has 2 fully saturated rings. The van der Waals surface area contributed by atoms with E-state index in [1.54, 1.807) is 18.2 Å². The molecule has 0 spiro atoms. The third-order valence-corrected chi connectivity index (χ3v) is 12.2. The van der Waals surface area contributed by atoms with Crippen LogP contribution in [0, 0.1) is 17.8 Å². The summed E-state index contributed by atoms with van der Waals surface area (Å²) in [5.41, 5.74) is 3.31. The Morgan fingerprint density at radius 2 is 1.84 bits per heavy atom. The lowest BCUT2D eigenvalue weighted by Gasteiger charge is -2.42. The van der Waals surface area contributed by atoms with Crippen LogP contribution in [0.5, 0.6) is 5.75 Å². The molecular formula is C35H45ClN2O6S. The van der Waals surface area contributed by atoms with Gasteiger partial charge in [0.05, 0.1) is 17.0 Å². The molecule has 2 aromatic carbocycles. The molecule has 45 heavy (non-hydrogen) atoms. The van der Waals surface area contributed by atoms with Crippen LogP contribution in [0.2, 0.25) is 5.02 Å². The van der Waals surface area contributed by atoms with Gasteiger partial charge in [0, 0.05) is 36.9 Å². The van der Waals surface area contributed by atoms with E-state index in [4.69, 9.17) is 21.1 Å². The van der Waals surface area contributed by atoms with Crippen LogP contribution in [0.1, 0.15) is 79.3 Å². The van der Waals surface area contributed by atoms with Gasteiger partial charge in [-0.15, -0.1) is 0 Å². The second kappa shape index (κ2) is 14.4. The Kier molecular flexibility index (Phi) is 10.4. The number of aliphatic hydroxyl groups excluding tert-OH is 1. The number of halogens is 1. The van der Waals surface area contributed by atoms with Gasteiger partial charge >= 0.3 is 0 Å². The third-order valence-electron chi connectivity index (χ3n) is 10.2. The summed E-state index contributed by atoms with van der Waals surface area (Å²) in [5, 5.41) is 11.1. The van der Waals surface area contributed by atoms with Crippen LogP contribution in [0.3, 0.4) is 0 Å². The maximum atomic E-state index is 13.7. The highest BCUT2D eigenvalue weighted by atomic mass is 35.5. The van der Waals surface area contributed by atoms with Gasteiger partial charge in [-0.3, -0.25) is 4.79 Å². The highest BCUT2D eigenvalue weighted by Crippen LogP contribution is 2.41. The second-order valence-corrected chi connectivity index (χ2v) is 15.6. The molecule has 4 aliphatic rings. The lowest BCUT2D eigenvalue weighted by atomic mass is 9.70. The number of fused-ring (bicyclic) bond motifs is 3. The molecule has 0 unspecified atom stereocenters. The molecule has 6 rings (SSSR count). The number of amides is 1. The molecule has 4 atom stereocenters. The zero-order valence-electron chi connectivity index (χ0n) is 25.8. The normalized spacial score (nSPS) is 28.7. The van der Waals surface area contributed by atoms with Gasteiger partial charge in [0.2, 0.25) is 10.0 Å². The number of anilines is 1. The number of nitrogens with zero attached hydrogens (tertiary/aromatic N) is 1. The lowest BCUT2D eigenvalue weighted by Crippen LogP contribution is -2.43. The zero-order valence-corrected chi connectivity index (χ0v) is 27.4. The zero-order chi connectivity index (χ0) is 31.4. The summed E-state index contributed by atoms with van der Waals surface area (Å²) in [6.07, 6.45) is 11.0. The van der Waals surface area contributed by atoms with Gasteiger partial charge in [0.15, 0.2) is 0 Å². The summed E-state index contributed by atoms with van der Waals surface area (Å²) in [7, 11) is -3.96. The highest BCUT2D eigenvalue weighted by Gasteiger charge is 2.37. The first kappa shape index (κ1) is 32.4. The molecule has 0 radical (unpaired) electrons. The maximum absolute atomic E-state index is 13.7. The van der Waals surface area contributed by atoms with Crippen LogP contribution in [0.4, 0.5) is 5.69 Å². The first-order valence-corrected chi connectivity index (χ1v) is 18.5. The van der Waals surface area contributed by atoms with Gasteiger partial charge in [-0.25, -0.2) is 13.1 Å². The summed E-state index contributed by atoms with van der Waals surface area (Å²) >= 11 is 6.33. The summed E-state index contributed by atoms with van der Waals surface area (Å²) < 4.78 is 41.8. The van der Waals surface area contributed by atoms with E-state index in [1.807, 2.05) is 30.4 Å². The van der Waals surface area contributed by atoms with E-state index in [2.05, 4.69) is 9.62 Å². The van der Waals surface area contributed by atoms with E-state index >= 15 is 0 Å². The molecule has 244 valence electrons. The van der Waals surface area contributed by atoms with Gasteiger partial charge < -0.3 is 19.5 Å². The minimum absolute atomic E-state index is 0.136. The number of carbonyl (C=O) groups excluding carboxylic acids is 1. The fraction of sp³-hybridized carbons (Fsp3) is 0.571. The van der Waals surface area contributed by atoms with Crippen molar-refractivity contribution in [2.75, 3.05) is 31.2 Å². The smallest absolute Gasteiger partial charge is 0.264 e. The molecule has 1 amide bonds. The number of sulfonamides is 1. The standard InChI is InChI=1S/C35H45ClN2O6S/c36-29-11-8-28-23-44-34-13-10-26-21-32(34)38(16-4-3-5-25(28)20-29)22-27-9-12-31(27)33(39)7-2-1-6-30(45(41,42)37-35(26)40)19-24-14-17-43-18-15-24/h2,7-8,10-11,13,20-21,24,27,30-31,33,39H,1,3-6,9,12,14-19,22-23H2,(H,37,40)/b7-2+/t27-,30+,31+,33-/m0/s1. The van der Waals surface area contributed by atoms with Crippen LogP contribution < -0.4 is 14.4 Å². The van der Waals surface area contributed by atoms with Crippen molar-refractivity contribution in [3.8, 4) is 5.75 Å². The van der Waals surface area contributed by atoms with Crippen molar-refractivity contribution >= 4 is 33.2 Å². The molecular weight excluding hydrogens is 612 g/mol. The van der Waals surface area contributed by atoms with Crippen molar-refractivity contribution in [3.63, 3.8) is 0 Å². The quantitative estimate of drug-likeness (QED) is 0.380. The number of allylic oxidation sites excluding steroid dienone is 1. The summed E-state index contributed by atoms with van der Waals surface area (Å²) in [6.45, 7) is 3.09. The molecule has 3 aliphatic heterocycles. The maximum Gasteiger partial charge on any atom is 0.264 e. The highest BCUT2D eigenvalue weighted by molar-refractivity contribution is 7.90. The Morgan fingerprint density at radius 3 is 2.64 bits per heavy atom. The number of ether oxygens (including phenoxy) is 2. The number of nitrogens with one attached hydrogen (secondary N) is 1. The van der Waals surface area contributed by atoms with Crippen molar-refractivity contribution in [2.24, 2.45) is 17.8 Å². The van der Waals surface area contributed by atoms with Gasteiger partial charge in [0.1, 0.15) is 12.4 Å². The molecule has 0 aromatic heterocycles. The molecule has 10 heteroatoms. The Bertz CT molecular complexity index is 1490. The van der Waals surface area contributed by atoms with E-state index in [9.17, 15) is 18.3 Å². The molecule has 1 aliphatic carbocycles. The number of rotatable bonds is 2. The molecule has 2 bridgehead atoms. The predicted molar refractivity (Wildman–Crippen MR) is 176 cm³/mol. The topological polar surface area (TPSA) is 105 Å². The SMILES string of the molecule is O=C1NS(=O)(=O)[C@@H](CC2CCOCC2)CC/C=C/[C@H](O)[C@@H]2CC[C@H]2CN2CCCCc3cc(Cl)ccc3COc3ccc1cc32. The Balaban J connectivity index is 1.34. The molecule has 2 aromatic rings. The van der Waals surface area contributed by atoms with E-state index in [-0.39, 0.29) is 17.4 Å². The first-order valence-electron chi connectivity index (χ1n) is 16.5. The minimum Gasteiger partial charge on any atom is -0.487 e. The van der Waals surface area contributed by atoms with Gasteiger partial charge in [-0.05, 0) is 123 Å². The van der Waals surface area contributed by atoms with Crippen LogP contribution in [0.15, 0.2) is 48.6 Å². The van der Waals surface area contributed by atoms with E-state index in [0.717, 1.165) is 69.3 Å². The van der Waals surface area contributed by atoms with Crippen molar-refractivity contribution in [1.82, 2.24) is 4.72 Å². The van der Waals surface area contributed by atoms with Crippen molar-refractivity contribution in [3.05, 3.63) is 70.3 Å². The number of carbonyl (C=O) groups is 1. The number of hydrogen-bond donors (Lipinski definition) is 2. The summed E-state index contributed by atoms with van der Waals surface area (Å²) in [5.74, 6) is 0.685. The van der Waals surface area contributed by atoms with E-state index in [0.29, 0.717) is 55.8 Å². The minimum atomic E-state index is -3.96. The van der Waals surface area contributed by atoms with Gasteiger partial charge in [0.25, 0.3) is 5.91 Å².